The second kappa shape index (κ2) is 8.15. The second-order valence-electron chi connectivity index (χ2n) is 6.30. The number of aliphatic hydroxyl groups excluding tert-OH is 1. The van der Waals surface area contributed by atoms with E-state index in [1.54, 1.807) is 13.0 Å². The van der Waals surface area contributed by atoms with Gasteiger partial charge in [-0.15, -0.1) is 0 Å². The molecule has 1 fully saturated rings. The lowest BCUT2D eigenvalue weighted by Gasteiger charge is -2.20. The van der Waals surface area contributed by atoms with Crippen LogP contribution in [0.5, 0.6) is 0 Å². The van der Waals surface area contributed by atoms with Crippen molar-refractivity contribution in [2.45, 2.75) is 43.7 Å². The second-order valence-corrected chi connectivity index (χ2v) is 8.24. The van der Waals surface area contributed by atoms with Gasteiger partial charge in [0.05, 0.1) is 18.1 Å². The minimum atomic E-state index is -3.66. The number of rotatable bonds is 6. The van der Waals surface area contributed by atoms with Gasteiger partial charge in [-0.2, -0.15) is 4.31 Å². The fourth-order valence-electron chi connectivity index (χ4n) is 2.81. The number of esters is 1. The van der Waals surface area contributed by atoms with E-state index in [1.165, 1.54) is 23.4 Å². The summed E-state index contributed by atoms with van der Waals surface area (Å²) in [6.07, 6.45) is 0.463. The molecule has 144 valence electrons. The molecule has 0 spiro atoms. The SMILES string of the molecule is COC(=O)C(NC(=O)c1cc(S(=O)(=O)N2CCCC2)ccc1C)C(C)O. The number of hydrogen-bond donors (Lipinski definition) is 2. The number of carbonyl (C=O) groups excluding carboxylic acids is 2. The fourth-order valence-corrected chi connectivity index (χ4v) is 4.35. The summed E-state index contributed by atoms with van der Waals surface area (Å²) in [5.74, 6) is -1.44. The molecule has 1 aliphatic heterocycles. The molecule has 26 heavy (non-hydrogen) atoms. The largest absolute Gasteiger partial charge is 0.467 e. The lowest BCUT2D eigenvalue weighted by atomic mass is 10.1. The van der Waals surface area contributed by atoms with E-state index in [2.05, 4.69) is 10.1 Å². The van der Waals surface area contributed by atoms with Crippen LogP contribution in [-0.4, -0.2) is 62.1 Å². The maximum Gasteiger partial charge on any atom is 0.331 e. The lowest BCUT2D eigenvalue weighted by molar-refractivity contribution is -0.145. The van der Waals surface area contributed by atoms with Crippen LogP contribution < -0.4 is 5.32 Å². The van der Waals surface area contributed by atoms with Gasteiger partial charge in [0.2, 0.25) is 10.0 Å². The molecule has 0 radical (unpaired) electrons. The fraction of sp³-hybridized carbons (Fsp3) is 0.529. The molecule has 0 bridgehead atoms. The topological polar surface area (TPSA) is 113 Å². The van der Waals surface area contributed by atoms with E-state index in [-0.39, 0.29) is 10.5 Å². The van der Waals surface area contributed by atoms with E-state index >= 15 is 0 Å². The third-order valence-electron chi connectivity index (χ3n) is 4.38. The number of nitrogens with zero attached hydrogens (tertiary/aromatic N) is 1. The van der Waals surface area contributed by atoms with Crippen molar-refractivity contribution in [2.75, 3.05) is 20.2 Å². The molecule has 1 aromatic carbocycles. The minimum Gasteiger partial charge on any atom is -0.467 e. The Hall–Kier alpha value is -1.97. The van der Waals surface area contributed by atoms with E-state index < -0.39 is 34.0 Å². The Labute approximate surface area is 153 Å². The van der Waals surface area contributed by atoms with Crippen molar-refractivity contribution in [3.8, 4) is 0 Å². The van der Waals surface area contributed by atoms with Crippen LogP contribution in [0.1, 0.15) is 35.7 Å². The van der Waals surface area contributed by atoms with Crippen LogP contribution in [0.25, 0.3) is 0 Å². The van der Waals surface area contributed by atoms with Gasteiger partial charge in [-0.3, -0.25) is 4.79 Å². The Morgan fingerprint density at radius 2 is 1.88 bits per heavy atom. The predicted octanol–water partition coefficient (Wildman–Crippen LogP) is 0.432. The standard InChI is InChI=1S/C17H24N2O6S/c1-11-6-7-13(26(23,24)19-8-4-5-9-19)10-14(11)16(21)18-15(12(2)20)17(22)25-3/h6-7,10,12,15,20H,4-5,8-9H2,1-3H3,(H,18,21). The van der Waals surface area contributed by atoms with Crippen molar-refractivity contribution in [1.82, 2.24) is 9.62 Å². The zero-order valence-electron chi connectivity index (χ0n) is 15.1. The van der Waals surface area contributed by atoms with Crippen LogP contribution in [-0.2, 0) is 19.6 Å². The van der Waals surface area contributed by atoms with Gasteiger partial charge in [-0.1, -0.05) is 6.07 Å². The van der Waals surface area contributed by atoms with Crippen molar-refractivity contribution in [1.29, 1.82) is 0 Å². The molecule has 2 N–H and O–H groups in total. The van der Waals surface area contributed by atoms with Gasteiger partial charge < -0.3 is 15.2 Å². The molecule has 8 nitrogen and oxygen atoms in total. The van der Waals surface area contributed by atoms with Gasteiger partial charge in [-0.25, -0.2) is 13.2 Å². The first kappa shape index (κ1) is 20.3. The first-order valence-electron chi connectivity index (χ1n) is 8.36. The monoisotopic (exact) mass is 384 g/mol. The number of amides is 1. The Morgan fingerprint density at radius 1 is 1.27 bits per heavy atom. The smallest absolute Gasteiger partial charge is 0.331 e. The van der Waals surface area contributed by atoms with Crippen LogP contribution in [0.2, 0.25) is 0 Å². The summed E-state index contributed by atoms with van der Waals surface area (Å²) < 4.78 is 31.3. The Kier molecular flexibility index (Phi) is 6.38. The molecule has 1 heterocycles. The number of ether oxygens (including phenoxy) is 1. The molecule has 2 rings (SSSR count). The summed E-state index contributed by atoms with van der Waals surface area (Å²) in [5, 5.41) is 12.1. The maximum absolute atomic E-state index is 12.7. The highest BCUT2D eigenvalue weighted by Crippen LogP contribution is 2.23. The van der Waals surface area contributed by atoms with Gasteiger partial charge in [0.15, 0.2) is 6.04 Å². The van der Waals surface area contributed by atoms with E-state index in [1.807, 2.05) is 0 Å². The van der Waals surface area contributed by atoms with E-state index in [4.69, 9.17) is 0 Å². The molecule has 1 saturated heterocycles. The highest BCUT2D eigenvalue weighted by Gasteiger charge is 2.30. The third-order valence-corrected chi connectivity index (χ3v) is 6.28. The first-order valence-corrected chi connectivity index (χ1v) is 9.80. The van der Waals surface area contributed by atoms with Crippen LogP contribution in [0, 0.1) is 6.92 Å². The normalized spacial score (nSPS) is 17.5. The lowest BCUT2D eigenvalue weighted by Crippen LogP contribution is -2.48. The van der Waals surface area contributed by atoms with Crippen molar-refractivity contribution in [2.24, 2.45) is 0 Å². The Balaban J connectivity index is 2.31. The Bertz CT molecular complexity index is 784. The van der Waals surface area contributed by atoms with Gasteiger partial charge >= 0.3 is 5.97 Å². The number of sulfonamides is 1. The van der Waals surface area contributed by atoms with Crippen LogP contribution >= 0.6 is 0 Å². The van der Waals surface area contributed by atoms with Gasteiger partial charge in [0.1, 0.15) is 0 Å². The quantitative estimate of drug-likeness (QED) is 0.688. The van der Waals surface area contributed by atoms with Gasteiger partial charge in [0, 0.05) is 18.7 Å². The van der Waals surface area contributed by atoms with Crippen molar-refractivity contribution in [3.63, 3.8) is 0 Å². The molecule has 2 atom stereocenters. The molecular formula is C17H24N2O6S. The molecule has 9 heteroatoms. The summed E-state index contributed by atoms with van der Waals surface area (Å²) in [4.78, 5) is 24.3. The Morgan fingerprint density at radius 3 is 2.42 bits per heavy atom. The van der Waals surface area contributed by atoms with Gasteiger partial charge in [0.25, 0.3) is 5.91 Å². The van der Waals surface area contributed by atoms with Crippen LogP contribution in [0.15, 0.2) is 23.1 Å². The molecule has 2 unspecified atom stereocenters. The van der Waals surface area contributed by atoms with Crippen LogP contribution in [0.4, 0.5) is 0 Å². The first-order chi connectivity index (χ1) is 12.2. The summed E-state index contributed by atoms with van der Waals surface area (Å²) in [6, 6.07) is 3.07. The zero-order chi connectivity index (χ0) is 19.5. The van der Waals surface area contributed by atoms with Gasteiger partial charge in [-0.05, 0) is 44.4 Å². The predicted molar refractivity (Wildman–Crippen MR) is 94.1 cm³/mol. The molecule has 1 amide bonds. The summed E-state index contributed by atoms with van der Waals surface area (Å²) in [5.41, 5.74) is 0.678. The van der Waals surface area contributed by atoms with E-state index in [0.29, 0.717) is 18.7 Å². The number of aliphatic hydroxyl groups is 1. The zero-order valence-corrected chi connectivity index (χ0v) is 15.9. The minimum absolute atomic E-state index is 0.0295. The highest BCUT2D eigenvalue weighted by atomic mass is 32.2. The van der Waals surface area contributed by atoms with Crippen LogP contribution in [0.3, 0.4) is 0 Å². The number of carbonyl (C=O) groups is 2. The maximum atomic E-state index is 12.7. The molecular weight excluding hydrogens is 360 g/mol. The molecule has 0 aromatic heterocycles. The number of nitrogens with one attached hydrogen (secondary N) is 1. The summed E-state index contributed by atoms with van der Waals surface area (Å²) >= 11 is 0. The highest BCUT2D eigenvalue weighted by molar-refractivity contribution is 7.89. The van der Waals surface area contributed by atoms with Crippen molar-refractivity contribution in [3.05, 3.63) is 29.3 Å². The number of aryl methyl sites for hydroxylation is 1. The molecule has 0 saturated carbocycles. The third kappa shape index (κ3) is 4.22. The number of benzene rings is 1. The number of methoxy groups -OCH3 is 1. The molecule has 1 aliphatic rings. The van der Waals surface area contributed by atoms with Crippen molar-refractivity contribution < 1.29 is 27.9 Å². The van der Waals surface area contributed by atoms with E-state index in [0.717, 1.165) is 20.0 Å². The average molecular weight is 384 g/mol. The summed E-state index contributed by atoms with van der Waals surface area (Å²) in [7, 11) is -2.51. The molecule has 1 aromatic rings. The summed E-state index contributed by atoms with van der Waals surface area (Å²) in [6.45, 7) is 3.94. The molecule has 0 aliphatic carbocycles. The van der Waals surface area contributed by atoms with Crippen molar-refractivity contribution >= 4 is 21.9 Å². The average Bonchev–Trinajstić information content (AvgIpc) is 3.14. The van der Waals surface area contributed by atoms with E-state index in [9.17, 15) is 23.1 Å². The number of hydrogen-bond acceptors (Lipinski definition) is 6.